The van der Waals surface area contributed by atoms with Crippen LogP contribution < -0.4 is 29.6 Å². The van der Waals surface area contributed by atoms with E-state index in [9.17, 15) is 0 Å². The van der Waals surface area contributed by atoms with Crippen molar-refractivity contribution in [2.45, 2.75) is 39.3 Å². The van der Waals surface area contributed by atoms with Gasteiger partial charge in [-0.15, -0.1) is 0 Å². The predicted octanol–water partition coefficient (Wildman–Crippen LogP) is -0.0706. The zero-order valence-electron chi connectivity index (χ0n) is 8.95. The molecule has 0 aliphatic carbocycles. The van der Waals surface area contributed by atoms with Crippen LogP contribution >= 0.6 is 0 Å². The first-order valence-electron chi connectivity index (χ1n) is 3.67. The first-order valence-corrected chi connectivity index (χ1v) is 10.6. The van der Waals surface area contributed by atoms with E-state index in [4.69, 9.17) is 5.84 Å². The fourth-order valence-electron chi connectivity index (χ4n) is 1.01. The van der Waals surface area contributed by atoms with Crippen LogP contribution in [0.1, 0.15) is 0 Å². The molecule has 0 heterocycles. The van der Waals surface area contributed by atoms with Crippen LogP contribution in [-0.2, 0) is 0 Å². The maximum absolute atomic E-state index is 7.83. The molecule has 62 valence electrons. The Morgan fingerprint density at radius 1 is 0.818 bits per heavy atom. The van der Waals surface area contributed by atoms with Gasteiger partial charge in [0.2, 0.25) is 0 Å². The summed E-state index contributed by atoms with van der Waals surface area (Å²) in [6.45, 7) is 13.3. The van der Waals surface area contributed by atoms with Crippen molar-refractivity contribution in [3.8, 4) is 0 Å². The molecule has 11 heavy (non-hydrogen) atoms. The molecule has 0 aliphatic heterocycles. The predicted molar refractivity (Wildman–Crippen MR) is 52.9 cm³/mol. The second-order valence-corrected chi connectivity index (χ2v) is 14.7. The molecule has 0 spiro atoms. The van der Waals surface area contributed by atoms with Crippen molar-refractivity contribution >= 4 is 16.5 Å². The fraction of sp³-hybridized carbons (Fsp3) is 1.00. The Labute approximate surface area is 95.0 Å². The second kappa shape index (κ2) is 4.55. The molecule has 2 nitrogen and oxygen atoms in total. The molecule has 0 aliphatic rings. The zero-order valence-corrected chi connectivity index (χ0v) is 12.9. The van der Waals surface area contributed by atoms with Crippen LogP contribution in [0.15, 0.2) is 0 Å². The van der Waals surface area contributed by atoms with Crippen LogP contribution in [-0.4, -0.2) is 20.8 Å². The van der Waals surface area contributed by atoms with Gasteiger partial charge in [0.1, 0.15) is 0 Å². The van der Waals surface area contributed by atoms with Crippen molar-refractivity contribution in [2.75, 3.05) is 0 Å². The van der Waals surface area contributed by atoms with Gasteiger partial charge in [-0.05, 0) is 0 Å². The Kier molecular flexibility index (Phi) is 6.15. The van der Waals surface area contributed by atoms with E-state index in [0.717, 1.165) is 0 Å². The van der Waals surface area contributed by atoms with Crippen molar-refractivity contribution in [2.24, 2.45) is 0 Å². The van der Waals surface area contributed by atoms with Gasteiger partial charge in [-0.1, -0.05) is 39.3 Å². The molecule has 0 saturated heterocycles. The number of hydrogen-bond donors (Lipinski definition) is 0. The number of hydrogen-bond acceptors (Lipinski definition) is 1. The zero-order chi connectivity index (χ0) is 8.58. The SMILES string of the molecule is C[Si](C)(C)N([NH-])[Si](C)(C)C.[Na+]. The minimum Gasteiger partial charge on any atom is -0.624 e. The summed E-state index contributed by atoms with van der Waals surface area (Å²) in [5.41, 5.74) is 0. The van der Waals surface area contributed by atoms with Crippen molar-refractivity contribution < 1.29 is 29.6 Å². The molecule has 0 aromatic heterocycles. The molecular formula is C6H19N2NaSi2. The molecule has 0 radical (unpaired) electrons. The smallest absolute Gasteiger partial charge is 0.624 e. The quantitative estimate of drug-likeness (QED) is 0.451. The van der Waals surface area contributed by atoms with Gasteiger partial charge < -0.3 is 10.2 Å². The summed E-state index contributed by atoms with van der Waals surface area (Å²) in [5.74, 6) is 7.83. The summed E-state index contributed by atoms with van der Waals surface area (Å²) in [6, 6.07) is 0. The molecule has 0 unspecified atom stereocenters. The second-order valence-electron chi connectivity index (χ2n) is 4.68. The summed E-state index contributed by atoms with van der Waals surface area (Å²) >= 11 is 0. The first-order chi connectivity index (χ1) is 4.15. The van der Waals surface area contributed by atoms with Gasteiger partial charge in [-0.3, -0.25) is 0 Å². The molecule has 1 N–H and O–H groups in total. The van der Waals surface area contributed by atoms with Gasteiger partial charge in [-0.25, -0.2) is 0 Å². The van der Waals surface area contributed by atoms with Gasteiger partial charge >= 0.3 is 29.6 Å². The van der Waals surface area contributed by atoms with E-state index in [0.29, 0.717) is 0 Å². The van der Waals surface area contributed by atoms with Crippen molar-refractivity contribution in [3.05, 3.63) is 5.84 Å². The average Bonchev–Trinajstić information content (AvgIpc) is 1.59. The van der Waals surface area contributed by atoms with Crippen LogP contribution in [0.25, 0.3) is 5.84 Å². The van der Waals surface area contributed by atoms with Crippen LogP contribution in [0.2, 0.25) is 39.3 Å². The van der Waals surface area contributed by atoms with E-state index in [1.54, 1.807) is 0 Å². The standard InChI is InChI=1S/C6H19N2Si2.Na/c1-9(2,3)8(7)10(4,5)6;/h7H,1-6H3;/q-1;+1. The summed E-state index contributed by atoms with van der Waals surface area (Å²) in [6.07, 6.45) is 0. The monoisotopic (exact) mass is 198 g/mol. The number of nitrogens with one attached hydrogen (secondary N) is 1. The topological polar surface area (TPSA) is 27.0 Å². The van der Waals surface area contributed by atoms with E-state index >= 15 is 0 Å². The van der Waals surface area contributed by atoms with E-state index in [-0.39, 0.29) is 29.6 Å². The molecule has 0 aromatic rings. The van der Waals surface area contributed by atoms with Crippen LogP contribution in [0.5, 0.6) is 0 Å². The van der Waals surface area contributed by atoms with E-state index in [1.807, 2.05) is 4.34 Å². The molecule has 0 rings (SSSR count). The third-order valence-corrected chi connectivity index (χ3v) is 8.05. The summed E-state index contributed by atoms with van der Waals surface area (Å²) in [7, 11) is -2.67. The third-order valence-electron chi connectivity index (χ3n) is 1.34. The molecule has 5 heteroatoms. The molecule has 0 atom stereocenters. The summed E-state index contributed by atoms with van der Waals surface area (Å²) in [4.78, 5) is 0. The van der Waals surface area contributed by atoms with E-state index in [2.05, 4.69) is 39.3 Å². The Hall–Kier alpha value is 1.35. The van der Waals surface area contributed by atoms with E-state index in [1.165, 1.54) is 0 Å². The summed E-state index contributed by atoms with van der Waals surface area (Å²) in [5, 5.41) is 0. The van der Waals surface area contributed by atoms with Crippen LogP contribution in [0.4, 0.5) is 0 Å². The van der Waals surface area contributed by atoms with Crippen molar-refractivity contribution in [3.63, 3.8) is 0 Å². The average molecular weight is 198 g/mol. The Morgan fingerprint density at radius 3 is 1.00 bits per heavy atom. The number of rotatable bonds is 2. The van der Waals surface area contributed by atoms with E-state index < -0.39 is 16.5 Å². The summed E-state index contributed by atoms with van der Waals surface area (Å²) < 4.78 is 1.90. The third kappa shape index (κ3) is 5.57. The molecule has 0 amide bonds. The van der Waals surface area contributed by atoms with Crippen LogP contribution in [0, 0.1) is 0 Å². The minimum atomic E-state index is -1.33. The van der Waals surface area contributed by atoms with Crippen molar-refractivity contribution in [1.29, 1.82) is 0 Å². The molecule has 0 saturated carbocycles. The van der Waals surface area contributed by atoms with Crippen LogP contribution in [0.3, 0.4) is 0 Å². The van der Waals surface area contributed by atoms with Gasteiger partial charge in [0.05, 0.1) is 16.5 Å². The first kappa shape index (κ1) is 14.9. The fourth-order valence-corrected chi connectivity index (χ4v) is 9.06. The molecule has 0 fully saturated rings. The maximum atomic E-state index is 7.83. The van der Waals surface area contributed by atoms with Crippen molar-refractivity contribution in [1.82, 2.24) is 4.34 Å². The van der Waals surface area contributed by atoms with Gasteiger partial charge in [0.25, 0.3) is 0 Å². The normalized spacial score (nSPS) is 13.1. The Morgan fingerprint density at radius 2 is 1.00 bits per heavy atom. The minimum absolute atomic E-state index is 0. The largest absolute Gasteiger partial charge is 1.00 e. The molecular weight excluding hydrogens is 179 g/mol. The Bertz CT molecular complexity index is 103. The maximum Gasteiger partial charge on any atom is 1.00 e. The number of nitrogens with zero attached hydrogens (tertiary/aromatic N) is 1. The molecule has 0 bridgehead atoms. The molecule has 0 aromatic carbocycles. The van der Waals surface area contributed by atoms with Gasteiger partial charge in [0, 0.05) is 0 Å². The van der Waals surface area contributed by atoms with Gasteiger partial charge in [-0.2, -0.15) is 0 Å². The van der Waals surface area contributed by atoms with Gasteiger partial charge in [0.15, 0.2) is 0 Å². The Balaban J connectivity index is 0.